The van der Waals surface area contributed by atoms with Gasteiger partial charge in [-0.05, 0) is 41.1 Å². The van der Waals surface area contributed by atoms with Crippen LogP contribution >= 0.6 is 57.4 Å². The zero-order chi connectivity index (χ0) is 11.2. The Labute approximate surface area is 116 Å². The molecule has 0 aliphatic heterocycles. The van der Waals surface area contributed by atoms with E-state index in [2.05, 4.69) is 27.6 Å². The Morgan fingerprint density at radius 1 is 1.20 bits per heavy atom. The molecule has 5 heteroatoms. The van der Waals surface area contributed by atoms with Crippen molar-refractivity contribution < 1.29 is 0 Å². The van der Waals surface area contributed by atoms with Gasteiger partial charge in [0, 0.05) is 11.6 Å². The molecule has 0 fully saturated rings. The van der Waals surface area contributed by atoms with Gasteiger partial charge in [-0.1, -0.05) is 34.8 Å². The summed E-state index contributed by atoms with van der Waals surface area (Å²) in [6, 6.07) is 1.79. The molecule has 0 aliphatic carbocycles. The van der Waals surface area contributed by atoms with Crippen LogP contribution < -0.4 is 0 Å². The molecule has 1 aromatic carbocycles. The lowest BCUT2D eigenvalue weighted by Crippen LogP contribution is -1.88. The molecule has 2 aromatic rings. The predicted octanol–water partition coefficient (Wildman–Crippen LogP) is 5.11. The van der Waals surface area contributed by atoms with Crippen molar-refractivity contribution in [2.45, 2.75) is 6.92 Å². The van der Waals surface area contributed by atoms with Crippen LogP contribution in [-0.2, 0) is 0 Å². The van der Waals surface area contributed by atoms with Crippen LogP contribution in [0.3, 0.4) is 0 Å². The van der Waals surface area contributed by atoms with Crippen molar-refractivity contribution in [3.63, 3.8) is 0 Å². The maximum atomic E-state index is 6.19. The zero-order valence-electron chi connectivity index (χ0n) is 7.61. The molecule has 2 rings (SSSR count). The van der Waals surface area contributed by atoms with Gasteiger partial charge in [0.15, 0.2) is 0 Å². The lowest BCUT2D eigenvalue weighted by atomic mass is 10.1. The van der Waals surface area contributed by atoms with Gasteiger partial charge in [0.2, 0.25) is 0 Å². The number of aromatic nitrogens is 1. The lowest BCUT2D eigenvalue weighted by Gasteiger charge is -2.08. The second kappa shape index (κ2) is 4.24. The molecule has 0 saturated heterocycles. The Hall–Kier alpha value is 0.230. The summed E-state index contributed by atoms with van der Waals surface area (Å²) in [6.45, 7) is 1.89. The molecule has 1 aromatic heterocycles. The molecule has 15 heavy (non-hydrogen) atoms. The van der Waals surface area contributed by atoms with E-state index in [0.29, 0.717) is 20.6 Å². The first-order chi connectivity index (χ1) is 7.02. The van der Waals surface area contributed by atoms with E-state index in [9.17, 15) is 0 Å². The van der Waals surface area contributed by atoms with Crippen LogP contribution in [0.2, 0.25) is 15.1 Å². The SMILES string of the molecule is Cc1cc(Cl)c2ncc(I)c(Cl)c2c1Cl. The first-order valence-corrected chi connectivity index (χ1v) is 6.32. The topological polar surface area (TPSA) is 12.9 Å². The van der Waals surface area contributed by atoms with E-state index < -0.39 is 0 Å². The number of hydrogen-bond donors (Lipinski definition) is 0. The van der Waals surface area contributed by atoms with Gasteiger partial charge in [0.05, 0.1) is 24.2 Å². The van der Waals surface area contributed by atoms with Crippen molar-refractivity contribution in [1.29, 1.82) is 0 Å². The third-order valence-electron chi connectivity index (χ3n) is 2.11. The normalized spacial score (nSPS) is 11.0. The maximum Gasteiger partial charge on any atom is 0.0919 e. The minimum absolute atomic E-state index is 0.574. The maximum absolute atomic E-state index is 6.19. The van der Waals surface area contributed by atoms with E-state index in [1.54, 1.807) is 12.3 Å². The summed E-state index contributed by atoms with van der Waals surface area (Å²) < 4.78 is 0.866. The summed E-state index contributed by atoms with van der Waals surface area (Å²) in [5.74, 6) is 0. The van der Waals surface area contributed by atoms with E-state index in [1.165, 1.54) is 0 Å². The fraction of sp³-hybridized carbons (Fsp3) is 0.100. The van der Waals surface area contributed by atoms with Crippen LogP contribution in [-0.4, -0.2) is 4.98 Å². The third-order valence-corrected chi connectivity index (χ3v) is 4.41. The van der Waals surface area contributed by atoms with Crippen LogP contribution in [0.5, 0.6) is 0 Å². The summed E-state index contributed by atoms with van der Waals surface area (Å²) in [7, 11) is 0. The summed E-state index contributed by atoms with van der Waals surface area (Å²) in [5, 5.41) is 2.53. The van der Waals surface area contributed by atoms with Crippen LogP contribution in [0.1, 0.15) is 5.56 Å². The largest absolute Gasteiger partial charge is 0.253 e. The van der Waals surface area contributed by atoms with Crippen molar-refractivity contribution in [3.05, 3.63) is 36.5 Å². The smallest absolute Gasteiger partial charge is 0.0919 e. The molecular weight excluding hydrogens is 367 g/mol. The van der Waals surface area contributed by atoms with E-state index in [1.807, 2.05) is 6.92 Å². The summed E-state index contributed by atoms with van der Waals surface area (Å²) in [4.78, 5) is 4.23. The Bertz CT molecular complexity index is 546. The van der Waals surface area contributed by atoms with Crippen molar-refractivity contribution in [2.75, 3.05) is 0 Å². The van der Waals surface area contributed by atoms with Gasteiger partial charge in [0.25, 0.3) is 0 Å². The summed E-state index contributed by atoms with van der Waals surface area (Å²) in [6.07, 6.45) is 1.68. The number of rotatable bonds is 0. The fourth-order valence-electron chi connectivity index (χ4n) is 1.37. The van der Waals surface area contributed by atoms with Crippen LogP contribution in [0.15, 0.2) is 12.3 Å². The second-order valence-corrected chi connectivity index (χ2v) is 5.46. The summed E-state index contributed by atoms with van der Waals surface area (Å²) >= 11 is 20.6. The molecule has 78 valence electrons. The Kier molecular flexibility index (Phi) is 3.31. The van der Waals surface area contributed by atoms with Gasteiger partial charge in [-0.2, -0.15) is 0 Å². The molecule has 0 N–H and O–H groups in total. The molecule has 0 saturated carbocycles. The Morgan fingerprint density at radius 2 is 1.87 bits per heavy atom. The molecule has 0 amide bonds. The van der Waals surface area contributed by atoms with Crippen LogP contribution in [0.25, 0.3) is 10.9 Å². The van der Waals surface area contributed by atoms with Crippen molar-refractivity contribution in [2.24, 2.45) is 0 Å². The van der Waals surface area contributed by atoms with Gasteiger partial charge in [-0.15, -0.1) is 0 Å². The molecular formula is C10H5Cl3IN. The van der Waals surface area contributed by atoms with Gasteiger partial charge in [0.1, 0.15) is 0 Å². The average molecular weight is 372 g/mol. The lowest BCUT2D eigenvalue weighted by molar-refractivity contribution is 1.37. The zero-order valence-corrected chi connectivity index (χ0v) is 12.0. The Balaban J connectivity index is 3.04. The van der Waals surface area contributed by atoms with E-state index in [0.717, 1.165) is 14.5 Å². The molecule has 0 spiro atoms. The van der Waals surface area contributed by atoms with Crippen LogP contribution in [0.4, 0.5) is 0 Å². The minimum atomic E-state index is 0.574. The van der Waals surface area contributed by atoms with Crippen molar-refractivity contribution >= 4 is 68.3 Å². The van der Waals surface area contributed by atoms with Gasteiger partial charge >= 0.3 is 0 Å². The summed E-state index contributed by atoms with van der Waals surface area (Å²) in [5.41, 5.74) is 1.55. The predicted molar refractivity (Wildman–Crippen MR) is 74.2 cm³/mol. The number of fused-ring (bicyclic) bond motifs is 1. The average Bonchev–Trinajstić information content (AvgIpc) is 2.19. The molecule has 0 unspecified atom stereocenters. The standard InChI is InChI=1S/C10H5Cl3IN/c1-4-2-5(11)10-7(8(4)12)9(13)6(14)3-15-10/h2-3H,1H3. The van der Waals surface area contributed by atoms with Crippen molar-refractivity contribution in [1.82, 2.24) is 4.98 Å². The number of halogens is 4. The Morgan fingerprint density at radius 3 is 2.53 bits per heavy atom. The van der Waals surface area contributed by atoms with Gasteiger partial charge in [-0.3, -0.25) is 4.98 Å². The quantitative estimate of drug-likeness (QED) is 0.586. The molecule has 0 bridgehead atoms. The number of aryl methyl sites for hydroxylation is 1. The fourth-order valence-corrected chi connectivity index (χ4v) is 2.60. The first kappa shape index (κ1) is 11.7. The minimum Gasteiger partial charge on any atom is -0.253 e. The van der Waals surface area contributed by atoms with Gasteiger partial charge in [-0.25, -0.2) is 0 Å². The van der Waals surface area contributed by atoms with E-state index >= 15 is 0 Å². The third kappa shape index (κ3) is 1.93. The number of nitrogens with zero attached hydrogens (tertiary/aromatic N) is 1. The van der Waals surface area contributed by atoms with Crippen molar-refractivity contribution in [3.8, 4) is 0 Å². The molecule has 1 nitrogen and oxygen atoms in total. The second-order valence-electron chi connectivity index (χ2n) is 3.13. The number of hydrogen-bond acceptors (Lipinski definition) is 1. The highest BCUT2D eigenvalue weighted by Gasteiger charge is 2.13. The van der Waals surface area contributed by atoms with Gasteiger partial charge < -0.3 is 0 Å². The molecule has 0 aliphatic rings. The number of benzene rings is 1. The first-order valence-electron chi connectivity index (χ1n) is 4.10. The monoisotopic (exact) mass is 371 g/mol. The molecule has 1 heterocycles. The molecule has 0 radical (unpaired) electrons. The highest BCUT2D eigenvalue weighted by Crippen LogP contribution is 2.37. The van der Waals surface area contributed by atoms with Crippen LogP contribution in [0, 0.1) is 10.5 Å². The number of pyridine rings is 1. The highest BCUT2D eigenvalue weighted by molar-refractivity contribution is 14.1. The van der Waals surface area contributed by atoms with E-state index in [4.69, 9.17) is 34.8 Å². The molecule has 0 atom stereocenters. The highest BCUT2D eigenvalue weighted by atomic mass is 127. The van der Waals surface area contributed by atoms with E-state index in [-0.39, 0.29) is 0 Å².